The normalized spacial score (nSPS) is 10.9. The van der Waals surface area contributed by atoms with Gasteiger partial charge >= 0.3 is 11.8 Å². The Morgan fingerprint density at radius 3 is 2.28 bits per heavy atom. The molecule has 2 N–H and O–H groups in total. The Hall–Kier alpha value is -3.55. The molecule has 0 atom stereocenters. The summed E-state index contributed by atoms with van der Waals surface area (Å²) in [7, 11) is 1.51. The Kier molecular flexibility index (Phi) is 9.73. The van der Waals surface area contributed by atoms with Crippen LogP contribution in [0, 0.1) is 0 Å². The van der Waals surface area contributed by atoms with Crippen LogP contribution in [0.5, 0.6) is 11.5 Å². The Morgan fingerprint density at radius 2 is 1.64 bits per heavy atom. The van der Waals surface area contributed by atoms with Crippen molar-refractivity contribution in [3.63, 3.8) is 0 Å². The van der Waals surface area contributed by atoms with Gasteiger partial charge in [-0.25, -0.2) is 5.43 Å². The van der Waals surface area contributed by atoms with E-state index < -0.39 is 11.8 Å². The van der Waals surface area contributed by atoms with Crippen LogP contribution in [0.2, 0.25) is 10.0 Å². The van der Waals surface area contributed by atoms with Crippen molar-refractivity contribution < 1.29 is 19.1 Å². The highest BCUT2D eigenvalue weighted by Gasteiger charge is 2.14. The molecule has 3 aromatic rings. The lowest BCUT2D eigenvalue weighted by atomic mass is 10.0. The second-order valence-corrected chi connectivity index (χ2v) is 8.96. The third-order valence-corrected chi connectivity index (χ3v) is 6.04. The summed E-state index contributed by atoms with van der Waals surface area (Å²) in [5.74, 6) is -0.437. The van der Waals surface area contributed by atoms with Crippen molar-refractivity contribution in [3.05, 3.63) is 93.0 Å². The molecule has 0 radical (unpaired) electrons. The van der Waals surface area contributed by atoms with E-state index in [2.05, 4.69) is 29.7 Å². The molecule has 188 valence electrons. The number of amides is 2. The van der Waals surface area contributed by atoms with Crippen molar-refractivity contribution in [3.8, 4) is 11.5 Å². The van der Waals surface area contributed by atoms with E-state index in [1.807, 2.05) is 24.3 Å². The molecule has 0 aliphatic carbocycles. The maximum absolute atomic E-state index is 12.2. The summed E-state index contributed by atoms with van der Waals surface area (Å²) < 4.78 is 11.3. The molecule has 9 heteroatoms. The topological polar surface area (TPSA) is 89.0 Å². The standard InChI is InChI=1S/C27H27Cl2N3O4/c1-17(2)19-12-10-18(11-13-19)14-30-26(33)27(34)32-31-15-20-6-4-9-24(35-3)25(20)36-16-21-22(28)7-5-8-23(21)29/h4-13,15,17H,14,16H2,1-3H3,(H,30,33)(H,32,34)/b31-15-. The quantitative estimate of drug-likeness (QED) is 0.219. The lowest BCUT2D eigenvalue weighted by Gasteiger charge is -2.14. The molecule has 0 spiro atoms. The average molecular weight is 528 g/mol. The van der Waals surface area contributed by atoms with Gasteiger partial charge in [-0.1, -0.05) is 73.4 Å². The third-order valence-electron chi connectivity index (χ3n) is 5.33. The molecule has 3 rings (SSSR count). The highest BCUT2D eigenvalue weighted by molar-refractivity contribution is 6.36. The Bertz CT molecular complexity index is 1220. The number of rotatable bonds is 9. The van der Waals surface area contributed by atoms with E-state index in [0.29, 0.717) is 38.6 Å². The van der Waals surface area contributed by atoms with Gasteiger partial charge in [0.25, 0.3) is 0 Å². The maximum atomic E-state index is 12.2. The van der Waals surface area contributed by atoms with Gasteiger partial charge < -0.3 is 14.8 Å². The molecule has 0 aromatic heterocycles. The van der Waals surface area contributed by atoms with Crippen LogP contribution in [0.3, 0.4) is 0 Å². The zero-order valence-corrected chi connectivity index (χ0v) is 21.7. The molecule has 0 heterocycles. The van der Waals surface area contributed by atoms with Crippen LogP contribution in [-0.2, 0) is 22.7 Å². The van der Waals surface area contributed by atoms with E-state index in [9.17, 15) is 9.59 Å². The van der Waals surface area contributed by atoms with Crippen LogP contribution in [0.4, 0.5) is 0 Å². The molecule has 0 fully saturated rings. The van der Waals surface area contributed by atoms with Gasteiger partial charge in [0.1, 0.15) is 6.61 Å². The van der Waals surface area contributed by atoms with Crippen molar-refractivity contribution in [2.45, 2.75) is 32.9 Å². The van der Waals surface area contributed by atoms with Gasteiger partial charge in [-0.15, -0.1) is 0 Å². The molecule has 0 aliphatic heterocycles. The van der Waals surface area contributed by atoms with Crippen LogP contribution in [0.1, 0.15) is 42.0 Å². The number of hydrogen-bond donors (Lipinski definition) is 2. The number of carbonyl (C=O) groups is 2. The van der Waals surface area contributed by atoms with Crippen molar-refractivity contribution >= 4 is 41.2 Å². The molecule has 2 amide bonds. The van der Waals surface area contributed by atoms with E-state index in [4.69, 9.17) is 32.7 Å². The first-order valence-electron chi connectivity index (χ1n) is 11.2. The van der Waals surface area contributed by atoms with Gasteiger partial charge in [-0.05, 0) is 41.3 Å². The number of carbonyl (C=O) groups excluding carboxylic acids is 2. The van der Waals surface area contributed by atoms with Crippen LogP contribution in [0.15, 0.2) is 65.8 Å². The fraction of sp³-hybridized carbons (Fsp3) is 0.222. The molecule has 0 saturated heterocycles. The second kappa shape index (κ2) is 13.0. The lowest BCUT2D eigenvalue weighted by molar-refractivity contribution is -0.139. The molecule has 0 unspecified atom stereocenters. The lowest BCUT2D eigenvalue weighted by Crippen LogP contribution is -2.37. The zero-order valence-electron chi connectivity index (χ0n) is 20.2. The predicted molar refractivity (Wildman–Crippen MR) is 142 cm³/mol. The van der Waals surface area contributed by atoms with Gasteiger partial charge in [-0.2, -0.15) is 5.10 Å². The number of ether oxygens (including phenoxy) is 2. The first kappa shape index (κ1) is 27.0. The van der Waals surface area contributed by atoms with Gasteiger partial charge in [0, 0.05) is 27.7 Å². The summed E-state index contributed by atoms with van der Waals surface area (Å²) in [6.07, 6.45) is 1.36. The van der Waals surface area contributed by atoms with Crippen molar-refractivity contribution in [1.29, 1.82) is 0 Å². The summed E-state index contributed by atoms with van der Waals surface area (Å²) >= 11 is 12.5. The molecule has 3 aromatic carbocycles. The number of para-hydroxylation sites is 1. The number of nitrogens with one attached hydrogen (secondary N) is 2. The molecular formula is C27H27Cl2N3O4. The minimum atomic E-state index is -0.890. The second-order valence-electron chi connectivity index (χ2n) is 8.15. The largest absolute Gasteiger partial charge is 0.493 e. The number of nitrogens with zero attached hydrogens (tertiary/aromatic N) is 1. The number of hydrazone groups is 1. The summed E-state index contributed by atoms with van der Waals surface area (Å²) in [6, 6.07) is 18.2. The zero-order chi connectivity index (χ0) is 26.1. The van der Waals surface area contributed by atoms with E-state index >= 15 is 0 Å². The van der Waals surface area contributed by atoms with Crippen LogP contribution in [-0.4, -0.2) is 25.1 Å². The van der Waals surface area contributed by atoms with Gasteiger partial charge in [-0.3, -0.25) is 9.59 Å². The minimum absolute atomic E-state index is 0.0899. The van der Waals surface area contributed by atoms with Crippen LogP contribution in [0.25, 0.3) is 0 Å². The van der Waals surface area contributed by atoms with Gasteiger partial charge in [0.2, 0.25) is 0 Å². The predicted octanol–water partition coefficient (Wildman–Crippen LogP) is 5.47. The van der Waals surface area contributed by atoms with E-state index in [0.717, 1.165) is 5.56 Å². The monoisotopic (exact) mass is 527 g/mol. The van der Waals surface area contributed by atoms with E-state index in [-0.39, 0.29) is 13.2 Å². The fourth-order valence-electron chi connectivity index (χ4n) is 3.26. The van der Waals surface area contributed by atoms with Crippen LogP contribution >= 0.6 is 23.2 Å². The first-order valence-corrected chi connectivity index (χ1v) is 12.0. The van der Waals surface area contributed by atoms with Gasteiger partial charge in [0.05, 0.1) is 13.3 Å². The Labute approximate surface area is 220 Å². The fourth-order valence-corrected chi connectivity index (χ4v) is 3.77. The maximum Gasteiger partial charge on any atom is 0.329 e. The summed E-state index contributed by atoms with van der Waals surface area (Å²) in [4.78, 5) is 24.3. The summed E-state index contributed by atoms with van der Waals surface area (Å²) in [5.41, 5.74) is 5.46. The number of halogens is 2. The molecule has 0 bridgehead atoms. The molecule has 0 aliphatic rings. The van der Waals surface area contributed by atoms with Crippen LogP contribution < -0.4 is 20.2 Å². The minimum Gasteiger partial charge on any atom is -0.493 e. The van der Waals surface area contributed by atoms with Crippen molar-refractivity contribution in [2.24, 2.45) is 5.10 Å². The smallest absolute Gasteiger partial charge is 0.329 e. The van der Waals surface area contributed by atoms with Crippen molar-refractivity contribution in [2.75, 3.05) is 7.11 Å². The Balaban J connectivity index is 1.61. The summed E-state index contributed by atoms with van der Waals surface area (Å²) in [6.45, 7) is 4.53. The third kappa shape index (κ3) is 7.23. The summed E-state index contributed by atoms with van der Waals surface area (Å²) in [5, 5.41) is 7.43. The first-order chi connectivity index (χ1) is 17.3. The molecule has 36 heavy (non-hydrogen) atoms. The Morgan fingerprint density at radius 1 is 0.972 bits per heavy atom. The molecular weight excluding hydrogens is 501 g/mol. The SMILES string of the molecule is COc1cccc(/C=N\NC(=O)C(=O)NCc2ccc(C(C)C)cc2)c1OCc1c(Cl)cccc1Cl. The number of benzene rings is 3. The van der Waals surface area contributed by atoms with E-state index in [1.54, 1.807) is 36.4 Å². The number of methoxy groups -OCH3 is 1. The molecule has 0 saturated carbocycles. The van der Waals surface area contributed by atoms with E-state index in [1.165, 1.54) is 18.9 Å². The average Bonchev–Trinajstić information content (AvgIpc) is 2.87. The van der Waals surface area contributed by atoms with Crippen molar-refractivity contribution in [1.82, 2.24) is 10.7 Å². The highest BCUT2D eigenvalue weighted by atomic mass is 35.5. The molecule has 7 nitrogen and oxygen atoms in total. The van der Waals surface area contributed by atoms with Gasteiger partial charge in [0.15, 0.2) is 11.5 Å². The number of hydrogen-bond acceptors (Lipinski definition) is 5. The highest BCUT2D eigenvalue weighted by Crippen LogP contribution is 2.33.